The first-order valence-electron chi connectivity index (χ1n) is 6.21. The molecule has 0 saturated carbocycles. The van der Waals surface area contributed by atoms with Crippen LogP contribution in [0.5, 0.6) is 0 Å². The largest absolute Gasteiger partial charge is 0.395 e. The summed E-state index contributed by atoms with van der Waals surface area (Å²) in [5, 5.41) is 0. The van der Waals surface area contributed by atoms with E-state index in [0.717, 1.165) is 20.9 Å². The number of rotatable bonds is 0. The normalized spacial score (nSPS) is 26.1. The third-order valence-corrected chi connectivity index (χ3v) is 4.99. The standard InChI is InChI=1S/C15H13F3S/c1-9-11-4-2-3-5-13(11)19-14-7-6-10(8-12(9)14)15(16,17)18/h2-7,9-10H,8H2,1H3. The molecule has 2 atom stereocenters. The highest BCUT2D eigenvalue weighted by Gasteiger charge is 2.41. The SMILES string of the molecule is CC1C2=C(C=CC(C(F)(F)F)C2)Sc2ccccc21. The number of allylic oxidation sites excluding steroid dienone is 3. The zero-order valence-corrected chi connectivity index (χ0v) is 11.2. The summed E-state index contributed by atoms with van der Waals surface area (Å²) < 4.78 is 38.5. The van der Waals surface area contributed by atoms with E-state index in [2.05, 4.69) is 0 Å². The van der Waals surface area contributed by atoms with Crippen molar-refractivity contribution in [1.29, 1.82) is 0 Å². The predicted molar refractivity (Wildman–Crippen MR) is 71.0 cm³/mol. The molecular weight excluding hydrogens is 269 g/mol. The van der Waals surface area contributed by atoms with Gasteiger partial charge in [-0.15, -0.1) is 0 Å². The number of hydrogen-bond acceptors (Lipinski definition) is 1. The molecule has 3 rings (SSSR count). The third-order valence-electron chi connectivity index (χ3n) is 3.78. The Morgan fingerprint density at radius 2 is 1.95 bits per heavy atom. The summed E-state index contributed by atoms with van der Waals surface area (Å²) in [7, 11) is 0. The van der Waals surface area contributed by atoms with E-state index in [1.54, 1.807) is 17.8 Å². The molecule has 100 valence electrons. The minimum absolute atomic E-state index is 0.0715. The minimum Gasteiger partial charge on any atom is -0.170 e. The molecule has 0 nitrogen and oxygen atoms in total. The van der Waals surface area contributed by atoms with Gasteiger partial charge in [0.25, 0.3) is 0 Å². The summed E-state index contributed by atoms with van der Waals surface area (Å²) in [6.07, 6.45) is -1.10. The lowest BCUT2D eigenvalue weighted by molar-refractivity contribution is -0.161. The van der Waals surface area contributed by atoms with E-state index in [9.17, 15) is 13.2 Å². The number of hydrogen-bond donors (Lipinski definition) is 0. The van der Waals surface area contributed by atoms with Crippen LogP contribution in [0.3, 0.4) is 0 Å². The molecule has 0 N–H and O–H groups in total. The second-order valence-electron chi connectivity index (χ2n) is 4.96. The van der Waals surface area contributed by atoms with Gasteiger partial charge in [-0.1, -0.05) is 49.0 Å². The Hall–Kier alpha value is -1.16. The second-order valence-corrected chi connectivity index (χ2v) is 6.05. The lowest BCUT2D eigenvalue weighted by Crippen LogP contribution is -2.25. The van der Waals surface area contributed by atoms with Crippen LogP contribution in [0, 0.1) is 5.92 Å². The first-order valence-corrected chi connectivity index (χ1v) is 7.03. The molecule has 0 aromatic heterocycles. The molecule has 0 saturated heterocycles. The van der Waals surface area contributed by atoms with Crippen LogP contribution >= 0.6 is 11.8 Å². The molecule has 1 aromatic carbocycles. The van der Waals surface area contributed by atoms with Crippen molar-refractivity contribution in [2.75, 3.05) is 0 Å². The molecule has 19 heavy (non-hydrogen) atoms. The summed E-state index contributed by atoms with van der Waals surface area (Å²) >= 11 is 1.58. The zero-order valence-electron chi connectivity index (χ0n) is 10.4. The number of benzene rings is 1. The average Bonchev–Trinajstić information content (AvgIpc) is 2.37. The molecule has 1 heterocycles. The van der Waals surface area contributed by atoms with Crippen LogP contribution in [0.25, 0.3) is 0 Å². The van der Waals surface area contributed by atoms with Crippen LogP contribution in [-0.2, 0) is 0 Å². The van der Waals surface area contributed by atoms with E-state index >= 15 is 0 Å². The van der Waals surface area contributed by atoms with Crippen molar-refractivity contribution in [3.63, 3.8) is 0 Å². The third kappa shape index (κ3) is 2.22. The topological polar surface area (TPSA) is 0 Å². The zero-order chi connectivity index (χ0) is 13.6. The van der Waals surface area contributed by atoms with E-state index in [-0.39, 0.29) is 12.3 Å². The molecule has 2 aliphatic rings. The van der Waals surface area contributed by atoms with Gasteiger partial charge in [0.05, 0.1) is 5.92 Å². The molecular formula is C15H13F3S. The van der Waals surface area contributed by atoms with Crippen molar-refractivity contribution >= 4 is 11.8 Å². The molecule has 0 radical (unpaired) electrons. The fourth-order valence-corrected chi connectivity index (χ4v) is 3.95. The average molecular weight is 282 g/mol. The van der Waals surface area contributed by atoms with Crippen molar-refractivity contribution < 1.29 is 13.2 Å². The predicted octanol–water partition coefficient (Wildman–Crippen LogP) is 5.29. The van der Waals surface area contributed by atoms with Crippen LogP contribution < -0.4 is 0 Å². The van der Waals surface area contributed by atoms with Crippen LogP contribution in [0.4, 0.5) is 13.2 Å². The van der Waals surface area contributed by atoms with Gasteiger partial charge >= 0.3 is 6.18 Å². The van der Waals surface area contributed by atoms with Gasteiger partial charge < -0.3 is 0 Å². The first kappa shape index (κ1) is 12.9. The molecule has 2 unspecified atom stereocenters. The first-order chi connectivity index (χ1) is 8.97. The van der Waals surface area contributed by atoms with Crippen molar-refractivity contribution in [2.45, 2.75) is 30.3 Å². The molecule has 0 fully saturated rings. The number of fused-ring (bicyclic) bond motifs is 1. The van der Waals surface area contributed by atoms with Gasteiger partial charge in [-0.25, -0.2) is 0 Å². The number of thioether (sulfide) groups is 1. The van der Waals surface area contributed by atoms with Crippen LogP contribution in [0.2, 0.25) is 0 Å². The minimum atomic E-state index is -4.14. The van der Waals surface area contributed by atoms with Gasteiger partial charge in [-0.3, -0.25) is 0 Å². The summed E-state index contributed by atoms with van der Waals surface area (Å²) in [5.41, 5.74) is 2.07. The molecule has 1 aromatic rings. The van der Waals surface area contributed by atoms with Crippen LogP contribution in [0.15, 0.2) is 51.8 Å². The Morgan fingerprint density at radius 1 is 1.21 bits per heavy atom. The molecule has 1 aliphatic carbocycles. The molecule has 0 spiro atoms. The number of alkyl halides is 3. The highest BCUT2D eigenvalue weighted by Crippen LogP contribution is 2.50. The second kappa shape index (κ2) is 4.44. The Morgan fingerprint density at radius 3 is 2.68 bits per heavy atom. The maximum Gasteiger partial charge on any atom is 0.395 e. The summed E-state index contributed by atoms with van der Waals surface area (Å²) in [6.45, 7) is 2.00. The smallest absolute Gasteiger partial charge is 0.170 e. The van der Waals surface area contributed by atoms with Crippen molar-refractivity contribution in [2.24, 2.45) is 5.92 Å². The lowest BCUT2D eigenvalue weighted by atomic mass is 9.83. The Bertz CT molecular complexity index is 569. The van der Waals surface area contributed by atoms with Crippen LogP contribution in [-0.4, -0.2) is 6.18 Å². The van der Waals surface area contributed by atoms with Gasteiger partial charge in [-0.2, -0.15) is 13.2 Å². The van der Waals surface area contributed by atoms with Gasteiger partial charge in [0.2, 0.25) is 0 Å². The maximum absolute atomic E-state index is 12.8. The van der Waals surface area contributed by atoms with Gasteiger partial charge in [0, 0.05) is 15.7 Å². The highest BCUT2D eigenvalue weighted by atomic mass is 32.2. The molecule has 0 amide bonds. The maximum atomic E-state index is 12.8. The lowest BCUT2D eigenvalue weighted by Gasteiger charge is -2.32. The van der Waals surface area contributed by atoms with Crippen molar-refractivity contribution in [3.8, 4) is 0 Å². The van der Waals surface area contributed by atoms with E-state index in [4.69, 9.17) is 0 Å². The fourth-order valence-electron chi connectivity index (χ4n) is 2.67. The van der Waals surface area contributed by atoms with Crippen molar-refractivity contribution in [3.05, 3.63) is 52.5 Å². The molecule has 0 bridgehead atoms. The summed E-state index contributed by atoms with van der Waals surface area (Å²) in [4.78, 5) is 2.15. The quantitative estimate of drug-likeness (QED) is 0.623. The van der Waals surface area contributed by atoms with Gasteiger partial charge in [0.15, 0.2) is 0 Å². The fraction of sp³-hybridized carbons (Fsp3) is 0.333. The monoisotopic (exact) mass is 282 g/mol. The van der Waals surface area contributed by atoms with E-state index in [1.807, 2.05) is 31.2 Å². The van der Waals surface area contributed by atoms with Gasteiger partial charge in [-0.05, 0) is 23.6 Å². The highest BCUT2D eigenvalue weighted by molar-refractivity contribution is 8.03. The molecule has 1 aliphatic heterocycles. The van der Waals surface area contributed by atoms with Crippen molar-refractivity contribution in [1.82, 2.24) is 0 Å². The Balaban J connectivity index is 1.96. The van der Waals surface area contributed by atoms with E-state index in [0.29, 0.717) is 0 Å². The Kier molecular flexibility index (Phi) is 3.01. The van der Waals surface area contributed by atoms with Crippen LogP contribution in [0.1, 0.15) is 24.8 Å². The summed E-state index contributed by atoms with van der Waals surface area (Å²) in [5.74, 6) is -1.26. The number of halogens is 3. The summed E-state index contributed by atoms with van der Waals surface area (Å²) in [6, 6.07) is 7.96. The van der Waals surface area contributed by atoms with Gasteiger partial charge in [0.1, 0.15) is 0 Å². The molecule has 4 heteroatoms. The Labute approximate surface area is 114 Å². The van der Waals surface area contributed by atoms with E-state index < -0.39 is 12.1 Å². The van der Waals surface area contributed by atoms with E-state index in [1.165, 1.54) is 6.08 Å².